The fourth-order valence-corrected chi connectivity index (χ4v) is 3.70. The van der Waals surface area contributed by atoms with Gasteiger partial charge in [0.15, 0.2) is 0 Å². The van der Waals surface area contributed by atoms with Crippen LogP contribution in [0.3, 0.4) is 0 Å². The first-order valence-electron chi connectivity index (χ1n) is 9.59. The molecular weight excluding hydrogens is 390 g/mol. The highest BCUT2D eigenvalue weighted by Gasteiger charge is 2.10. The number of fused-ring (bicyclic) bond motifs is 1. The molecular formula is C20H27N5O3S. The van der Waals surface area contributed by atoms with Crippen LogP contribution in [0.4, 0.5) is 5.82 Å². The highest BCUT2D eigenvalue weighted by Crippen LogP contribution is 2.24. The molecule has 0 unspecified atom stereocenters. The van der Waals surface area contributed by atoms with Gasteiger partial charge in [-0.05, 0) is 42.7 Å². The number of aliphatic hydroxyl groups is 1. The van der Waals surface area contributed by atoms with E-state index in [2.05, 4.69) is 20.6 Å². The zero-order valence-electron chi connectivity index (χ0n) is 16.7. The third-order valence-electron chi connectivity index (χ3n) is 4.61. The lowest BCUT2D eigenvalue weighted by molar-refractivity contribution is 0.299. The monoisotopic (exact) mass is 417 g/mol. The molecule has 0 saturated carbocycles. The Morgan fingerprint density at radius 2 is 1.97 bits per heavy atom. The third kappa shape index (κ3) is 5.53. The van der Waals surface area contributed by atoms with Crippen molar-refractivity contribution in [1.29, 1.82) is 0 Å². The number of nitrogens with zero attached hydrogens (tertiary/aromatic N) is 3. The summed E-state index contributed by atoms with van der Waals surface area (Å²) in [4.78, 5) is 8.66. The second kappa shape index (κ2) is 9.34. The van der Waals surface area contributed by atoms with E-state index >= 15 is 0 Å². The third-order valence-corrected chi connectivity index (χ3v) is 5.56. The molecule has 1 aromatic carbocycles. The molecule has 0 atom stereocenters. The molecule has 29 heavy (non-hydrogen) atoms. The molecule has 2 aromatic heterocycles. The molecule has 0 bridgehead atoms. The van der Waals surface area contributed by atoms with Crippen LogP contribution in [0.2, 0.25) is 0 Å². The predicted molar refractivity (Wildman–Crippen MR) is 115 cm³/mol. The highest BCUT2D eigenvalue weighted by molar-refractivity contribution is 7.90. The smallest absolute Gasteiger partial charge is 0.148 e. The van der Waals surface area contributed by atoms with E-state index in [1.807, 2.05) is 42.1 Å². The summed E-state index contributed by atoms with van der Waals surface area (Å²) in [6.07, 6.45) is 7.33. The predicted octanol–water partition coefficient (Wildman–Crippen LogP) is 1.52. The molecule has 9 heteroatoms. The van der Waals surface area contributed by atoms with Crippen LogP contribution < -0.4 is 10.6 Å². The molecule has 8 nitrogen and oxygen atoms in total. The lowest BCUT2D eigenvalue weighted by Crippen LogP contribution is -2.22. The van der Waals surface area contributed by atoms with Gasteiger partial charge in [-0.2, -0.15) is 0 Å². The number of nitrogens with one attached hydrogen (secondary N) is 2. The molecule has 3 aromatic rings. The molecule has 3 rings (SSSR count). The van der Waals surface area contributed by atoms with Crippen LogP contribution in [0.25, 0.3) is 16.6 Å². The number of benzene rings is 1. The minimum atomic E-state index is -2.99. The standard InChI is InChI=1S/C20H27N5O3S/c1-3-22-20-18-10-17(4-5-19(18)23-14-24-20)25-12-15(6-8-26)16(13-25)11-21-7-9-29(2,27)28/h4-5,10,12-14,21,26H,3,6-9,11H2,1-2H3,(H,22,23,24). The first-order valence-corrected chi connectivity index (χ1v) is 11.7. The van der Waals surface area contributed by atoms with Crippen molar-refractivity contribution in [3.8, 4) is 5.69 Å². The first kappa shape index (κ1) is 21.2. The van der Waals surface area contributed by atoms with Crippen molar-refractivity contribution < 1.29 is 13.5 Å². The Balaban J connectivity index is 1.87. The van der Waals surface area contributed by atoms with E-state index < -0.39 is 9.84 Å². The van der Waals surface area contributed by atoms with E-state index in [9.17, 15) is 13.5 Å². The van der Waals surface area contributed by atoms with Gasteiger partial charge in [0.1, 0.15) is 22.0 Å². The van der Waals surface area contributed by atoms with Gasteiger partial charge >= 0.3 is 0 Å². The topological polar surface area (TPSA) is 109 Å². The van der Waals surface area contributed by atoms with E-state index in [1.54, 1.807) is 6.33 Å². The fourth-order valence-electron chi connectivity index (χ4n) is 3.19. The number of rotatable bonds is 10. The molecule has 0 fully saturated rings. The van der Waals surface area contributed by atoms with Crippen LogP contribution in [-0.2, 0) is 22.8 Å². The zero-order valence-corrected chi connectivity index (χ0v) is 17.5. The van der Waals surface area contributed by atoms with Gasteiger partial charge in [0, 0.05) is 56.0 Å². The van der Waals surface area contributed by atoms with Crippen molar-refractivity contribution in [2.24, 2.45) is 0 Å². The zero-order chi connectivity index (χ0) is 20.9. The number of hydrogen-bond donors (Lipinski definition) is 3. The molecule has 0 aliphatic rings. The lowest BCUT2D eigenvalue weighted by Gasteiger charge is -2.09. The van der Waals surface area contributed by atoms with E-state index in [0.717, 1.165) is 40.1 Å². The van der Waals surface area contributed by atoms with Crippen molar-refractivity contribution in [3.63, 3.8) is 0 Å². The van der Waals surface area contributed by atoms with Crippen molar-refractivity contribution in [2.75, 3.05) is 37.0 Å². The van der Waals surface area contributed by atoms with Gasteiger partial charge in [0.25, 0.3) is 0 Å². The largest absolute Gasteiger partial charge is 0.396 e. The molecule has 0 spiro atoms. The number of aromatic nitrogens is 3. The van der Waals surface area contributed by atoms with Crippen molar-refractivity contribution in [1.82, 2.24) is 19.9 Å². The fraction of sp³-hybridized carbons (Fsp3) is 0.400. The van der Waals surface area contributed by atoms with E-state index in [1.165, 1.54) is 6.26 Å². The maximum Gasteiger partial charge on any atom is 0.148 e. The number of hydrogen-bond acceptors (Lipinski definition) is 7. The SMILES string of the molecule is CCNc1ncnc2ccc(-n3cc(CCO)c(CNCCS(C)(=O)=O)c3)cc12. The van der Waals surface area contributed by atoms with E-state index in [4.69, 9.17) is 0 Å². The van der Waals surface area contributed by atoms with Gasteiger partial charge < -0.3 is 20.3 Å². The number of anilines is 1. The molecule has 0 saturated heterocycles. The maximum absolute atomic E-state index is 11.3. The Bertz CT molecular complexity index is 1080. The summed E-state index contributed by atoms with van der Waals surface area (Å²) in [5, 5.41) is 16.8. The minimum absolute atomic E-state index is 0.0521. The Morgan fingerprint density at radius 3 is 2.69 bits per heavy atom. The summed E-state index contributed by atoms with van der Waals surface area (Å²) in [5.74, 6) is 0.894. The van der Waals surface area contributed by atoms with Gasteiger partial charge in [0.05, 0.1) is 11.3 Å². The Morgan fingerprint density at radius 1 is 1.17 bits per heavy atom. The lowest BCUT2D eigenvalue weighted by atomic mass is 10.1. The summed E-state index contributed by atoms with van der Waals surface area (Å²) in [7, 11) is -2.99. The minimum Gasteiger partial charge on any atom is -0.396 e. The summed E-state index contributed by atoms with van der Waals surface area (Å²) in [6, 6.07) is 5.99. The number of sulfone groups is 1. The van der Waals surface area contributed by atoms with Crippen LogP contribution in [0.5, 0.6) is 0 Å². The summed E-state index contributed by atoms with van der Waals surface area (Å²) >= 11 is 0. The van der Waals surface area contributed by atoms with Gasteiger partial charge in [0.2, 0.25) is 0 Å². The van der Waals surface area contributed by atoms with Gasteiger partial charge in [-0.25, -0.2) is 18.4 Å². The van der Waals surface area contributed by atoms with Crippen LogP contribution in [-0.4, -0.2) is 59.8 Å². The molecule has 0 aliphatic carbocycles. The molecule has 0 radical (unpaired) electrons. The van der Waals surface area contributed by atoms with Crippen molar-refractivity contribution >= 4 is 26.6 Å². The van der Waals surface area contributed by atoms with Gasteiger partial charge in [-0.15, -0.1) is 0 Å². The molecule has 2 heterocycles. The number of aliphatic hydroxyl groups excluding tert-OH is 1. The Kier molecular flexibility index (Phi) is 6.83. The van der Waals surface area contributed by atoms with Crippen molar-refractivity contribution in [2.45, 2.75) is 19.9 Å². The van der Waals surface area contributed by atoms with Gasteiger partial charge in [-0.3, -0.25) is 0 Å². The highest BCUT2D eigenvalue weighted by atomic mass is 32.2. The van der Waals surface area contributed by atoms with Gasteiger partial charge in [-0.1, -0.05) is 0 Å². The molecule has 156 valence electrons. The second-order valence-corrected chi connectivity index (χ2v) is 9.21. The van der Waals surface area contributed by atoms with Crippen LogP contribution in [0.15, 0.2) is 36.9 Å². The molecule has 3 N–H and O–H groups in total. The van der Waals surface area contributed by atoms with Crippen LogP contribution >= 0.6 is 0 Å². The van der Waals surface area contributed by atoms with Crippen LogP contribution in [0.1, 0.15) is 18.1 Å². The molecule has 0 amide bonds. The van der Waals surface area contributed by atoms with Crippen molar-refractivity contribution in [3.05, 3.63) is 48.0 Å². The average molecular weight is 418 g/mol. The maximum atomic E-state index is 11.3. The summed E-state index contributed by atoms with van der Waals surface area (Å²) in [5.41, 5.74) is 3.89. The summed E-state index contributed by atoms with van der Waals surface area (Å²) < 4.78 is 24.6. The molecule has 0 aliphatic heterocycles. The van der Waals surface area contributed by atoms with Crippen LogP contribution in [0, 0.1) is 0 Å². The average Bonchev–Trinajstić information content (AvgIpc) is 3.08. The Hall–Kier alpha value is -2.49. The quantitative estimate of drug-likeness (QED) is 0.429. The summed E-state index contributed by atoms with van der Waals surface area (Å²) in [6.45, 7) is 3.77. The van der Waals surface area contributed by atoms with E-state index in [0.29, 0.717) is 19.5 Å². The van der Waals surface area contributed by atoms with E-state index in [-0.39, 0.29) is 12.4 Å². The first-order chi connectivity index (χ1) is 13.9. The Labute approximate surface area is 170 Å². The normalized spacial score (nSPS) is 11.8. The second-order valence-electron chi connectivity index (χ2n) is 6.95.